The van der Waals surface area contributed by atoms with E-state index in [1.807, 2.05) is 6.92 Å². The van der Waals surface area contributed by atoms with Crippen molar-refractivity contribution < 1.29 is 19.1 Å². The van der Waals surface area contributed by atoms with Crippen LogP contribution in [0.4, 0.5) is 0 Å². The van der Waals surface area contributed by atoms with Crippen LogP contribution in [-0.4, -0.2) is 36.0 Å². The number of carbonyl (C=O) groups is 2. The predicted octanol–water partition coefficient (Wildman–Crippen LogP) is 4.09. The first-order valence-corrected chi connectivity index (χ1v) is 9.58. The summed E-state index contributed by atoms with van der Waals surface area (Å²) in [5, 5.41) is 0. The molecule has 4 atom stereocenters. The van der Waals surface area contributed by atoms with E-state index in [1.54, 1.807) is 0 Å². The van der Waals surface area contributed by atoms with Crippen molar-refractivity contribution in [2.24, 2.45) is 11.8 Å². The Bertz CT molecular complexity index is 447. The monoisotopic (exact) mass is 338 g/mol. The quantitative estimate of drug-likeness (QED) is 0.563. The van der Waals surface area contributed by atoms with Gasteiger partial charge in [0.05, 0.1) is 23.9 Å². The minimum atomic E-state index is -0.369. The van der Waals surface area contributed by atoms with E-state index in [9.17, 15) is 9.59 Å². The van der Waals surface area contributed by atoms with E-state index in [2.05, 4.69) is 20.8 Å². The normalized spacial score (nSPS) is 33.6. The van der Waals surface area contributed by atoms with Crippen molar-refractivity contribution >= 4 is 12.1 Å². The summed E-state index contributed by atoms with van der Waals surface area (Å²) in [6.07, 6.45) is 7.83. The molecule has 2 bridgehead atoms. The number of Topliss-reactive ketones (excluding diaryl/α,β-unsaturated/α-hetero) is 1. The van der Waals surface area contributed by atoms with E-state index in [4.69, 9.17) is 9.47 Å². The van der Waals surface area contributed by atoms with Crippen LogP contribution in [0.5, 0.6) is 0 Å². The van der Waals surface area contributed by atoms with Gasteiger partial charge in [-0.1, -0.05) is 20.8 Å². The lowest BCUT2D eigenvalue weighted by atomic mass is 9.87. The van der Waals surface area contributed by atoms with Crippen LogP contribution in [-0.2, 0) is 19.1 Å². The molecule has 2 aliphatic heterocycles. The van der Waals surface area contributed by atoms with Crippen LogP contribution in [0.25, 0.3) is 0 Å². The Balaban J connectivity index is 1.76. The molecule has 2 saturated heterocycles. The molecular formula is C20H34O4. The smallest absolute Gasteiger partial charge is 0.135 e. The molecule has 2 fully saturated rings. The van der Waals surface area contributed by atoms with Gasteiger partial charge >= 0.3 is 0 Å². The largest absolute Gasteiger partial charge is 0.370 e. The maximum absolute atomic E-state index is 12.2. The molecule has 2 heterocycles. The average molecular weight is 338 g/mol. The number of fused-ring (bicyclic) bond motifs is 2. The molecule has 0 aromatic rings. The zero-order valence-electron chi connectivity index (χ0n) is 15.8. The number of carbonyl (C=O) groups excluding carboxylic acids is 2. The lowest BCUT2D eigenvalue weighted by Gasteiger charge is -2.44. The molecule has 0 amide bonds. The molecule has 0 saturated carbocycles. The van der Waals surface area contributed by atoms with Gasteiger partial charge in [0.25, 0.3) is 0 Å². The Kier molecular flexibility index (Phi) is 6.60. The van der Waals surface area contributed by atoms with Crippen LogP contribution < -0.4 is 0 Å². The van der Waals surface area contributed by atoms with Crippen molar-refractivity contribution in [3.05, 3.63) is 0 Å². The highest BCUT2D eigenvalue weighted by Crippen LogP contribution is 2.45. The summed E-state index contributed by atoms with van der Waals surface area (Å²) in [6.45, 7) is 9.01. The van der Waals surface area contributed by atoms with Crippen LogP contribution in [0.1, 0.15) is 79.1 Å². The van der Waals surface area contributed by atoms with Gasteiger partial charge in [0.2, 0.25) is 0 Å². The van der Waals surface area contributed by atoms with Crippen molar-refractivity contribution in [2.75, 3.05) is 6.61 Å². The molecule has 0 radical (unpaired) electrons. The van der Waals surface area contributed by atoms with Crippen molar-refractivity contribution in [2.45, 2.75) is 96.4 Å². The zero-order valence-corrected chi connectivity index (χ0v) is 15.8. The molecule has 4 nitrogen and oxygen atoms in total. The Labute approximate surface area is 146 Å². The molecule has 3 unspecified atom stereocenters. The van der Waals surface area contributed by atoms with Gasteiger partial charge in [0.15, 0.2) is 0 Å². The molecule has 0 aromatic carbocycles. The van der Waals surface area contributed by atoms with Crippen LogP contribution in [0, 0.1) is 11.8 Å². The minimum Gasteiger partial charge on any atom is -0.370 e. The van der Waals surface area contributed by atoms with Gasteiger partial charge in [-0.15, -0.1) is 0 Å². The summed E-state index contributed by atoms with van der Waals surface area (Å²) in [5.41, 5.74) is -0.643. The maximum atomic E-state index is 12.2. The van der Waals surface area contributed by atoms with Crippen molar-refractivity contribution in [3.8, 4) is 0 Å². The number of aldehydes is 1. The first-order chi connectivity index (χ1) is 11.3. The van der Waals surface area contributed by atoms with Gasteiger partial charge in [-0.2, -0.15) is 0 Å². The van der Waals surface area contributed by atoms with E-state index in [1.165, 1.54) is 0 Å². The molecule has 2 aliphatic rings. The average Bonchev–Trinajstić information content (AvgIpc) is 2.91. The molecule has 24 heavy (non-hydrogen) atoms. The minimum absolute atomic E-state index is 0.0816. The third-order valence-corrected chi connectivity index (χ3v) is 5.88. The van der Waals surface area contributed by atoms with Crippen LogP contribution in [0.3, 0.4) is 0 Å². The van der Waals surface area contributed by atoms with Crippen molar-refractivity contribution in [1.29, 1.82) is 0 Å². The lowest BCUT2D eigenvalue weighted by molar-refractivity contribution is -0.240. The van der Waals surface area contributed by atoms with Gasteiger partial charge in [-0.3, -0.25) is 4.79 Å². The number of rotatable bonds is 10. The molecular weight excluding hydrogens is 304 g/mol. The fraction of sp³-hybridized carbons (Fsp3) is 0.900. The summed E-state index contributed by atoms with van der Waals surface area (Å²) < 4.78 is 12.3. The standard InChI is InChI=1S/C20H34O4/c1-15(2)7-8-17(22)16(3)6-5-10-19(4)18-9-11-20(24-18,12-13-21)14-23-19/h13,15-16,18H,5-12,14H2,1-4H3/t16?,18?,19?,20-/m1/s1. The number of hydrogen-bond acceptors (Lipinski definition) is 4. The van der Waals surface area contributed by atoms with Crippen molar-refractivity contribution in [1.82, 2.24) is 0 Å². The summed E-state index contributed by atoms with van der Waals surface area (Å²) >= 11 is 0. The van der Waals surface area contributed by atoms with Crippen LogP contribution >= 0.6 is 0 Å². The van der Waals surface area contributed by atoms with E-state index >= 15 is 0 Å². The van der Waals surface area contributed by atoms with Gasteiger partial charge in [-0.25, -0.2) is 0 Å². The topological polar surface area (TPSA) is 52.6 Å². The van der Waals surface area contributed by atoms with Gasteiger partial charge in [0.1, 0.15) is 12.1 Å². The SMILES string of the molecule is CC(C)CCC(=O)C(C)CCCC1(C)OC[C@]2(CC=O)CCC1O2. The first-order valence-electron chi connectivity index (χ1n) is 9.58. The number of ether oxygens (including phenoxy) is 2. The number of hydrogen-bond donors (Lipinski definition) is 0. The molecule has 0 spiro atoms. The second-order valence-corrected chi connectivity index (χ2v) is 8.49. The summed E-state index contributed by atoms with van der Waals surface area (Å²) in [4.78, 5) is 23.0. The molecule has 0 aliphatic carbocycles. The van der Waals surface area contributed by atoms with Gasteiger partial charge < -0.3 is 14.3 Å². The highest BCUT2D eigenvalue weighted by Gasteiger charge is 2.53. The molecule has 0 aromatic heterocycles. The maximum Gasteiger partial charge on any atom is 0.135 e. The van der Waals surface area contributed by atoms with E-state index in [0.29, 0.717) is 31.1 Å². The Hall–Kier alpha value is -0.740. The fourth-order valence-corrected chi connectivity index (χ4v) is 3.93. The Morgan fingerprint density at radius 1 is 1.29 bits per heavy atom. The molecule has 4 heteroatoms. The Morgan fingerprint density at radius 2 is 2.04 bits per heavy atom. The molecule has 138 valence electrons. The van der Waals surface area contributed by atoms with E-state index in [-0.39, 0.29) is 23.2 Å². The van der Waals surface area contributed by atoms with Crippen LogP contribution in [0.2, 0.25) is 0 Å². The number of ketones is 1. The molecule has 0 N–H and O–H groups in total. The third-order valence-electron chi connectivity index (χ3n) is 5.88. The predicted molar refractivity (Wildman–Crippen MR) is 94.0 cm³/mol. The summed E-state index contributed by atoms with van der Waals surface area (Å²) in [5.74, 6) is 1.11. The van der Waals surface area contributed by atoms with Gasteiger partial charge in [-0.05, 0) is 51.4 Å². The first kappa shape index (κ1) is 19.6. The Morgan fingerprint density at radius 3 is 2.71 bits per heavy atom. The van der Waals surface area contributed by atoms with Crippen molar-refractivity contribution in [3.63, 3.8) is 0 Å². The highest BCUT2D eigenvalue weighted by atomic mass is 16.6. The van der Waals surface area contributed by atoms with Crippen LogP contribution in [0.15, 0.2) is 0 Å². The molecule has 2 rings (SSSR count). The summed E-state index contributed by atoms with van der Waals surface area (Å²) in [7, 11) is 0. The second kappa shape index (κ2) is 8.09. The third kappa shape index (κ3) is 4.66. The highest BCUT2D eigenvalue weighted by molar-refractivity contribution is 5.80. The van der Waals surface area contributed by atoms with E-state index < -0.39 is 0 Å². The summed E-state index contributed by atoms with van der Waals surface area (Å²) in [6, 6.07) is 0. The zero-order chi connectivity index (χ0) is 17.8. The lowest BCUT2D eigenvalue weighted by Crippen LogP contribution is -2.52. The fourth-order valence-electron chi connectivity index (χ4n) is 3.93. The second-order valence-electron chi connectivity index (χ2n) is 8.49. The van der Waals surface area contributed by atoms with Gasteiger partial charge in [0, 0.05) is 18.8 Å². The van der Waals surface area contributed by atoms with E-state index in [0.717, 1.165) is 44.8 Å².